The van der Waals surface area contributed by atoms with Crippen molar-refractivity contribution in [2.24, 2.45) is 16.1 Å². The first-order chi connectivity index (χ1) is 9.56. The number of carbonyl (C=O) groups is 2. The maximum atomic E-state index is 11.9. The van der Waals surface area contributed by atoms with Gasteiger partial charge in [-0.05, 0) is 29.8 Å². The minimum atomic E-state index is -0.687. The number of nitrogens with zero attached hydrogens (tertiary/aromatic N) is 2. The Morgan fingerprint density at radius 1 is 1.35 bits per heavy atom. The fourth-order valence-corrected chi connectivity index (χ4v) is 2.17. The van der Waals surface area contributed by atoms with Crippen LogP contribution in [0.25, 0.3) is 0 Å². The van der Waals surface area contributed by atoms with Gasteiger partial charge in [-0.15, -0.1) is 4.91 Å². The molecule has 1 aliphatic heterocycles. The number of benzene rings is 1. The topological polar surface area (TPSA) is 97.2 Å². The SMILES string of the molecule is COC(=O)C1C(C)=NC(=O)NC1c1ccc(N=O)cc1. The van der Waals surface area contributed by atoms with Crippen LogP contribution in [0.5, 0.6) is 0 Å². The van der Waals surface area contributed by atoms with Crippen molar-refractivity contribution in [1.82, 2.24) is 5.32 Å². The van der Waals surface area contributed by atoms with Gasteiger partial charge in [-0.3, -0.25) is 4.79 Å². The third-order valence-corrected chi connectivity index (χ3v) is 3.15. The number of esters is 1. The summed E-state index contributed by atoms with van der Waals surface area (Å²) in [5.74, 6) is -1.17. The van der Waals surface area contributed by atoms with Crippen LogP contribution in [0.1, 0.15) is 18.5 Å². The molecule has 2 atom stereocenters. The van der Waals surface area contributed by atoms with Crippen LogP contribution in [0.3, 0.4) is 0 Å². The molecule has 2 rings (SSSR count). The van der Waals surface area contributed by atoms with E-state index in [1.54, 1.807) is 19.1 Å². The van der Waals surface area contributed by atoms with Crippen LogP contribution in [0, 0.1) is 10.8 Å². The molecule has 1 aliphatic rings. The summed E-state index contributed by atoms with van der Waals surface area (Å²) in [7, 11) is 1.28. The highest BCUT2D eigenvalue weighted by atomic mass is 16.5. The predicted octanol–water partition coefficient (Wildman–Crippen LogP) is 2.10. The van der Waals surface area contributed by atoms with Crippen molar-refractivity contribution in [2.75, 3.05) is 7.11 Å². The molecule has 1 heterocycles. The van der Waals surface area contributed by atoms with Gasteiger partial charge in [0, 0.05) is 5.71 Å². The Morgan fingerprint density at radius 2 is 2.00 bits per heavy atom. The monoisotopic (exact) mass is 275 g/mol. The molecule has 2 amide bonds. The molecule has 1 aromatic rings. The molecular weight excluding hydrogens is 262 g/mol. The first kappa shape index (κ1) is 13.9. The summed E-state index contributed by atoms with van der Waals surface area (Å²) in [5, 5.41) is 5.43. The third kappa shape index (κ3) is 2.56. The van der Waals surface area contributed by atoms with Gasteiger partial charge in [0.2, 0.25) is 0 Å². The second-order valence-corrected chi connectivity index (χ2v) is 4.36. The van der Waals surface area contributed by atoms with E-state index in [1.807, 2.05) is 0 Å². The molecule has 0 aromatic heterocycles. The van der Waals surface area contributed by atoms with Crippen molar-refractivity contribution in [1.29, 1.82) is 0 Å². The Bertz CT molecular complexity index is 580. The average molecular weight is 275 g/mol. The largest absolute Gasteiger partial charge is 0.468 e. The number of rotatable bonds is 3. The lowest BCUT2D eigenvalue weighted by Gasteiger charge is -2.29. The van der Waals surface area contributed by atoms with E-state index in [4.69, 9.17) is 4.74 Å². The molecule has 7 heteroatoms. The van der Waals surface area contributed by atoms with Crippen LogP contribution < -0.4 is 5.32 Å². The Hall–Kier alpha value is -2.57. The number of ether oxygens (including phenoxy) is 1. The van der Waals surface area contributed by atoms with Crippen molar-refractivity contribution in [3.8, 4) is 0 Å². The van der Waals surface area contributed by atoms with Crippen LogP contribution in [0.4, 0.5) is 10.5 Å². The molecular formula is C13H13N3O4. The van der Waals surface area contributed by atoms with Crippen LogP contribution in [-0.4, -0.2) is 24.8 Å². The Labute approximate surface area is 115 Å². The highest BCUT2D eigenvalue weighted by Crippen LogP contribution is 2.29. The standard InChI is InChI=1S/C13H13N3O4/c1-7-10(12(17)20-2)11(15-13(18)14-7)8-3-5-9(16-19)6-4-8/h3-6,10-11H,1-2H3,(H,15,18). The summed E-state index contributed by atoms with van der Waals surface area (Å²) in [6, 6.07) is 5.22. The molecule has 0 saturated heterocycles. The lowest BCUT2D eigenvalue weighted by molar-refractivity contribution is -0.143. The molecule has 104 valence electrons. The molecule has 20 heavy (non-hydrogen) atoms. The Morgan fingerprint density at radius 3 is 2.55 bits per heavy atom. The van der Waals surface area contributed by atoms with Crippen molar-refractivity contribution < 1.29 is 14.3 Å². The van der Waals surface area contributed by atoms with E-state index in [2.05, 4.69) is 15.5 Å². The smallest absolute Gasteiger partial charge is 0.341 e. The number of aliphatic imine (C=N–C) groups is 1. The highest BCUT2D eigenvalue weighted by Gasteiger charge is 2.37. The number of urea groups is 1. The van der Waals surface area contributed by atoms with E-state index in [0.717, 1.165) is 0 Å². The van der Waals surface area contributed by atoms with Crippen molar-refractivity contribution in [3.05, 3.63) is 34.7 Å². The van der Waals surface area contributed by atoms with E-state index in [-0.39, 0.29) is 5.69 Å². The van der Waals surface area contributed by atoms with Crippen molar-refractivity contribution in [2.45, 2.75) is 13.0 Å². The van der Waals surface area contributed by atoms with Gasteiger partial charge >= 0.3 is 12.0 Å². The number of hydrogen-bond donors (Lipinski definition) is 1. The van der Waals surface area contributed by atoms with E-state index in [0.29, 0.717) is 11.3 Å². The van der Waals surface area contributed by atoms with Gasteiger partial charge in [-0.2, -0.15) is 0 Å². The van der Waals surface area contributed by atoms with Crippen molar-refractivity contribution >= 4 is 23.4 Å². The van der Waals surface area contributed by atoms with Crippen LogP contribution >= 0.6 is 0 Å². The zero-order valence-electron chi connectivity index (χ0n) is 11.0. The van der Waals surface area contributed by atoms with Gasteiger partial charge in [0.1, 0.15) is 11.6 Å². The van der Waals surface area contributed by atoms with Gasteiger partial charge in [-0.25, -0.2) is 9.79 Å². The van der Waals surface area contributed by atoms with E-state index < -0.39 is 24.0 Å². The Balaban J connectivity index is 2.40. The molecule has 7 nitrogen and oxygen atoms in total. The zero-order chi connectivity index (χ0) is 14.7. The molecule has 0 fully saturated rings. The molecule has 1 aromatic carbocycles. The van der Waals surface area contributed by atoms with Gasteiger partial charge in [0.25, 0.3) is 0 Å². The summed E-state index contributed by atoms with van der Waals surface area (Å²) in [4.78, 5) is 37.5. The zero-order valence-corrected chi connectivity index (χ0v) is 11.0. The van der Waals surface area contributed by atoms with Gasteiger partial charge in [-0.1, -0.05) is 12.1 Å². The number of hydrogen-bond acceptors (Lipinski definition) is 5. The minimum absolute atomic E-state index is 0.274. The summed E-state index contributed by atoms with van der Waals surface area (Å²) in [6.45, 7) is 1.61. The Kier molecular flexibility index (Phi) is 3.88. The minimum Gasteiger partial charge on any atom is -0.468 e. The van der Waals surface area contributed by atoms with Crippen molar-refractivity contribution in [3.63, 3.8) is 0 Å². The fourth-order valence-electron chi connectivity index (χ4n) is 2.17. The summed E-state index contributed by atoms with van der Waals surface area (Å²) in [6.07, 6.45) is 0. The van der Waals surface area contributed by atoms with Gasteiger partial charge in [0.05, 0.1) is 13.2 Å². The predicted molar refractivity (Wildman–Crippen MR) is 71.8 cm³/mol. The second kappa shape index (κ2) is 5.60. The number of carbonyl (C=O) groups excluding carboxylic acids is 2. The summed E-state index contributed by atoms with van der Waals surface area (Å²) >= 11 is 0. The average Bonchev–Trinajstić information content (AvgIpc) is 2.46. The second-order valence-electron chi connectivity index (χ2n) is 4.36. The van der Waals surface area contributed by atoms with Gasteiger partial charge < -0.3 is 10.1 Å². The molecule has 1 N–H and O–H groups in total. The summed E-state index contributed by atoms with van der Waals surface area (Å²) < 4.78 is 4.75. The van der Waals surface area contributed by atoms with E-state index >= 15 is 0 Å². The van der Waals surface area contributed by atoms with Crippen LogP contribution in [0.2, 0.25) is 0 Å². The number of amides is 2. The number of methoxy groups -OCH3 is 1. The summed E-state index contributed by atoms with van der Waals surface area (Å²) in [5.41, 5.74) is 1.34. The first-order valence-corrected chi connectivity index (χ1v) is 5.93. The molecule has 0 aliphatic carbocycles. The first-order valence-electron chi connectivity index (χ1n) is 5.93. The highest BCUT2D eigenvalue weighted by molar-refractivity contribution is 6.08. The number of nitrogens with one attached hydrogen (secondary N) is 1. The van der Waals surface area contributed by atoms with Crippen LogP contribution in [-0.2, 0) is 9.53 Å². The molecule has 0 radical (unpaired) electrons. The molecule has 0 spiro atoms. The van der Waals surface area contributed by atoms with Gasteiger partial charge in [0.15, 0.2) is 0 Å². The number of nitroso groups, excluding NO2 is 1. The maximum absolute atomic E-state index is 11.9. The maximum Gasteiger partial charge on any atom is 0.341 e. The normalized spacial score (nSPS) is 21.7. The molecule has 0 bridgehead atoms. The fraction of sp³-hybridized carbons (Fsp3) is 0.308. The molecule has 0 saturated carbocycles. The lowest BCUT2D eigenvalue weighted by atomic mass is 9.88. The third-order valence-electron chi connectivity index (χ3n) is 3.15. The van der Waals surface area contributed by atoms with Crippen LogP contribution in [0.15, 0.2) is 34.4 Å². The lowest BCUT2D eigenvalue weighted by Crippen LogP contribution is -2.44. The molecule has 2 unspecified atom stereocenters. The van der Waals surface area contributed by atoms with E-state index in [1.165, 1.54) is 19.2 Å². The quantitative estimate of drug-likeness (QED) is 0.674. The van der Waals surface area contributed by atoms with E-state index in [9.17, 15) is 14.5 Å².